The number of hydrogen-bond acceptors (Lipinski definition) is 3. The molecule has 1 aliphatic carbocycles. The van der Waals surface area contributed by atoms with Crippen LogP contribution in [0.5, 0.6) is 0 Å². The quantitative estimate of drug-likeness (QED) is 0.823. The fourth-order valence-corrected chi connectivity index (χ4v) is 2.62. The third-order valence-electron chi connectivity index (χ3n) is 3.58. The van der Waals surface area contributed by atoms with Gasteiger partial charge in [-0.25, -0.2) is 0 Å². The molecule has 0 fully saturated rings. The van der Waals surface area contributed by atoms with Gasteiger partial charge in [0.25, 0.3) is 5.56 Å². The third-order valence-corrected chi connectivity index (χ3v) is 3.58. The van der Waals surface area contributed by atoms with E-state index in [0.717, 1.165) is 43.4 Å². The van der Waals surface area contributed by atoms with E-state index in [1.165, 1.54) is 0 Å². The van der Waals surface area contributed by atoms with Crippen LogP contribution in [-0.4, -0.2) is 4.57 Å². The minimum atomic E-state index is 0.0554. The number of fused-ring (bicyclic) bond motifs is 1. The average molecular weight is 245 g/mol. The Morgan fingerprint density at radius 2 is 2.28 bits per heavy atom. The van der Waals surface area contributed by atoms with Crippen LogP contribution in [0.1, 0.15) is 49.4 Å². The van der Waals surface area contributed by atoms with Crippen molar-refractivity contribution in [3.05, 3.63) is 33.7 Å². The van der Waals surface area contributed by atoms with Crippen molar-refractivity contribution in [3.8, 4) is 6.07 Å². The molecule has 1 aliphatic rings. The molecule has 1 atom stereocenters. The van der Waals surface area contributed by atoms with Crippen molar-refractivity contribution in [1.29, 1.82) is 5.26 Å². The summed E-state index contributed by atoms with van der Waals surface area (Å²) >= 11 is 0. The molecular formula is C14H19N3O. The molecule has 0 aromatic carbocycles. The van der Waals surface area contributed by atoms with Gasteiger partial charge in [0.05, 0.1) is 6.07 Å². The number of nitrogens with two attached hydrogens (primary N) is 1. The Kier molecular flexibility index (Phi) is 4.16. The van der Waals surface area contributed by atoms with Crippen LogP contribution in [0.2, 0.25) is 0 Å². The van der Waals surface area contributed by atoms with E-state index in [4.69, 9.17) is 11.0 Å². The van der Waals surface area contributed by atoms with Gasteiger partial charge in [0.15, 0.2) is 0 Å². The van der Waals surface area contributed by atoms with Crippen LogP contribution in [0, 0.1) is 11.3 Å². The number of hydrogen-bond donors (Lipinski definition) is 1. The lowest BCUT2D eigenvalue weighted by Gasteiger charge is -2.25. The highest BCUT2D eigenvalue weighted by Gasteiger charge is 2.19. The zero-order valence-corrected chi connectivity index (χ0v) is 10.6. The lowest BCUT2D eigenvalue weighted by atomic mass is 9.91. The van der Waals surface area contributed by atoms with E-state index < -0.39 is 0 Å². The molecule has 96 valence electrons. The maximum absolute atomic E-state index is 11.9. The van der Waals surface area contributed by atoms with Crippen LogP contribution in [0.15, 0.2) is 16.9 Å². The van der Waals surface area contributed by atoms with Gasteiger partial charge in [0.1, 0.15) is 0 Å². The highest BCUT2D eigenvalue weighted by molar-refractivity contribution is 5.27. The fourth-order valence-electron chi connectivity index (χ4n) is 2.62. The molecule has 0 radical (unpaired) electrons. The Morgan fingerprint density at radius 3 is 3.06 bits per heavy atom. The molecule has 1 aromatic rings. The smallest absolute Gasteiger partial charge is 0.250 e. The second-order valence-corrected chi connectivity index (χ2v) is 4.84. The maximum atomic E-state index is 11.9. The zero-order chi connectivity index (χ0) is 13.0. The second kappa shape index (κ2) is 5.83. The Morgan fingerprint density at radius 1 is 1.44 bits per heavy atom. The predicted octanol–water partition coefficient (Wildman–Crippen LogP) is 1.88. The fraction of sp³-hybridized carbons (Fsp3) is 0.571. The van der Waals surface area contributed by atoms with Gasteiger partial charge in [-0.1, -0.05) is 6.07 Å². The normalized spacial score (nSPS) is 18.1. The van der Waals surface area contributed by atoms with Gasteiger partial charge < -0.3 is 10.3 Å². The average Bonchev–Trinajstić information content (AvgIpc) is 2.37. The molecule has 2 rings (SSSR count). The lowest BCUT2D eigenvalue weighted by Crippen LogP contribution is -2.29. The van der Waals surface area contributed by atoms with E-state index >= 15 is 0 Å². The van der Waals surface area contributed by atoms with Crippen molar-refractivity contribution in [3.63, 3.8) is 0 Å². The number of rotatable bonds is 4. The molecule has 4 nitrogen and oxygen atoms in total. The summed E-state index contributed by atoms with van der Waals surface area (Å²) in [4.78, 5) is 11.9. The molecule has 0 spiro atoms. The van der Waals surface area contributed by atoms with Gasteiger partial charge in [-0.05, 0) is 37.7 Å². The first-order valence-electron chi connectivity index (χ1n) is 6.59. The molecule has 0 amide bonds. The van der Waals surface area contributed by atoms with Crippen molar-refractivity contribution in [2.45, 2.75) is 51.1 Å². The first-order valence-corrected chi connectivity index (χ1v) is 6.59. The SMILES string of the molecule is N#CCCCCn1c2c(ccc1=O)C(N)CCC2. The Labute approximate surface area is 107 Å². The summed E-state index contributed by atoms with van der Waals surface area (Å²) in [6.07, 6.45) is 5.27. The predicted molar refractivity (Wildman–Crippen MR) is 70.0 cm³/mol. The Balaban J connectivity index is 2.21. The largest absolute Gasteiger partial charge is 0.324 e. The third kappa shape index (κ3) is 2.62. The molecule has 4 heteroatoms. The molecule has 0 saturated carbocycles. The van der Waals surface area contributed by atoms with Crippen molar-refractivity contribution in [1.82, 2.24) is 4.57 Å². The molecule has 0 aliphatic heterocycles. The van der Waals surface area contributed by atoms with Crippen LogP contribution in [0.4, 0.5) is 0 Å². The van der Waals surface area contributed by atoms with E-state index in [1.807, 2.05) is 10.6 Å². The van der Waals surface area contributed by atoms with Crippen LogP contribution in [-0.2, 0) is 13.0 Å². The number of nitriles is 1. The van der Waals surface area contributed by atoms with Crippen LogP contribution < -0.4 is 11.3 Å². The van der Waals surface area contributed by atoms with Gasteiger partial charge in [0, 0.05) is 30.8 Å². The number of pyridine rings is 1. The topological polar surface area (TPSA) is 71.8 Å². The number of unbranched alkanes of at least 4 members (excludes halogenated alkanes) is 2. The lowest BCUT2D eigenvalue weighted by molar-refractivity contribution is 0.504. The summed E-state index contributed by atoms with van der Waals surface area (Å²) in [6.45, 7) is 0.705. The van der Waals surface area contributed by atoms with Gasteiger partial charge in [0.2, 0.25) is 0 Å². The molecule has 0 saturated heterocycles. The first kappa shape index (κ1) is 12.8. The highest BCUT2D eigenvalue weighted by atomic mass is 16.1. The molecule has 2 N–H and O–H groups in total. The van der Waals surface area contributed by atoms with E-state index in [1.54, 1.807) is 6.07 Å². The van der Waals surface area contributed by atoms with Crippen molar-refractivity contribution >= 4 is 0 Å². The van der Waals surface area contributed by atoms with E-state index in [0.29, 0.717) is 13.0 Å². The standard InChI is InChI=1S/C14H19N3O/c15-9-2-1-3-10-17-13-6-4-5-12(16)11(13)7-8-14(17)18/h7-8,12H,1-6,10,16H2. The molecule has 18 heavy (non-hydrogen) atoms. The zero-order valence-electron chi connectivity index (χ0n) is 10.6. The Hall–Kier alpha value is -1.60. The van der Waals surface area contributed by atoms with Crippen LogP contribution >= 0.6 is 0 Å². The van der Waals surface area contributed by atoms with E-state index in [2.05, 4.69) is 6.07 Å². The maximum Gasteiger partial charge on any atom is 0.250 e. The van der Waals surface area contributed by atoms with E-state index in [-0.39, 0.29) is 11.6 Å². The summed E-state index contributed by atoms with van der Waals surface area (Å²) in [5, 5.41) is 8.51. The summed E-state index contributed by atoms with van der Waals surface area (Å²) in [5.74, 6) is 0. The second-order valence-electron chi connectivity index (χ2n) is 4.84. The molecule has 0 bridgehead atoms. The number of nitrogens with zero attached hydrogens (tertiary/aromatic N) is 2. The van der Waals surface area contributed by atoms with E-state index in [9.17, 15) is 4.79 Å². The van der Waals surface area contributed by atoms with Crippen LogP contribution in [0.25, 0.3) is 0 Å². The van der Waals surface area contributed by atoms with Gasteiger partial charge in [-0.2, -0.15) is 5.26 Å². The molecule has 1 unspecified atom stereocenters. The van der Waals surface area contributed by atoms with Gasteiger partial charge >= 0.3 is 0 Å². The van der Waals surface area contributed by atoms with Crippen LogP contribution in [0.3, 0.4) is 0 Å². The van der Waals surface area contributed by atoms with Crippen molar-refractivity contribution < 1.29 is 0 Å². The molecule has 1 heterocycles. The summed E-state index contributed by atoms with van der Waals surface area (Å²) in [7, 11) is 0. The first-order chi connectivity index (χ1) is 8.74. The van der Waals surface area contributed by atoms with Crippen molar-refractivity contribution in [2.24, 2.45) is 5.73 Å². The summed E-state index contributed by atoms with van der Waals surface area (Å²) in [5.41, 5.74) is 8.37. The van der Waals surface area contributed by atoms with Gasteiger partial charge in [-0.3, -0.25) is 4.79 Å². The summed E-state index contributed by atoms with van der Waals surface area (Å²) in [6, 6.07) is 5.70. The van der Waals surface area contributed by atoms with Gasteiger partial charge in [-0.15, -0.1) is 0 Å². The molecule has 1 aromatic heterocycles. The van der Waals surface area contributed by atoms with Crippen molar-refractivity contribution in [2.75, 3.05) is 0 Å². The minimum Gasteiger partial charge on any atom is -0.324 e. The highest BCUT2D eigenvalue weighted by Crippen LogP contribution is 2.26. The minimum absolute atomic E-state index is 0.0554. The summed E-state index contributed by atoms with van der Waals surface area (Å²) < 4.78 is 1.85. The monoisotopic (exact) mass is 245 g/mol. The number of aromatic nitrogens is 1. The molecular weight excluding hydrogens is 226 g/mol. The Bertz CT molecular complexity index is 513.